The fraction of sp³-hybridized carbons (Fsp3) is 0.133. The summed E-state index contributed by atoms with van der Waals surface area (Å²) >= 11 is 3.41. The third-order valence-corrected chi connectivity index (χ3v) is 3.78. The maximum atomic E-state index is 12.1. The number of halogens is 1. The van der Waals surface area contributed by atoms with Crippen LogP contribution in [0, 0.1) is 6.92 Å². The Labute approximate surface area is 120 Å². The minimum Gasteiger partial charge on any atom is -0.370 e. The molecule has 1 atom stereocenters. The number of benzene rings is 2. The van der Waals surface area contributed by atoms with Crippen molar-refractivity contribution in [1.82, 2.24) is 0 Å². The van der Waals surface area contributed by atoms with Gasteiger partial charge in [-0.15, -0.1) is 0 Å². The lowest BCUT2D eigenvalue weighted by molar-refractivity contribution is -0.116. The van der Waals surface area contributed by atoms with E-state index in [9.17, 15) is 4.79 Å². The first kappa shape index (κ1) is 12.2. The molecule has 4 heteroatoms. The number of fused-ring (bicyclic) bond motifs is 1. The van der Waals surface area contributed by atoms with Gasteiger partial charge in [0, 0.05) is 21.4 Å². The van der Waals surface area contributed by atoms with E-state index in [1.165, 1.54) is 0 Å². The Kier molecular flexibility index (Phi) is 3.03. The fourth-order valence-electron chi connectivity index (χ4n) is 2.27. The van der Waals surface area contributed by atoms with Crippen LogP contribution >= 0.6 is 15.9 Å². The SMILES string of the molecule is Cc1ccccc1NC1C(=O)Nc2cc(Br)ccc21. The molecule has 3 rings (SSSR count). The largest absolute Gasteiger partial charge is 0.370 e. The number of hydrogen-bond acceptors (Lipinski definition) is 2. The van der Waals surface area contributed by atoms with E-state index < -0.39 is 0 Å². The number of hydrogen-bond donors (Lipinski definition) is 2. The van der Waals surface area contributed by atoms with Crippen LogP contribution in [0.1, 0.15) is 17.2 Å². The van der Waals surface area contributed by atoms with Crippen LogP contribution in [0.3, 0.4) is 0 Å². The summed E-state index contributed by atoms with van der Waals surface area (Å²) in [7, 11) is 0. The first-order valence-electron chi connectivity index (χ1n) is 6.07. The number of amides is 1. The zero-order chi connectivity index (χ0) is 13.4. The lowest BCUT2D eigenvalue weighted by atomic mass is 10.1. The Morgan fingerprint density at radius 2 is 2.00 bits per heavy atom. The molecule has 2 aromatic carbocycles. The van der Waals surface area contributed by atoms with Crippen LogP contribution in [-0.2, 0) is 4.79 Å². The van der Waals surface area contributed by atoms with Crippen molar-refractivity contribution in [3.63, 3.8) is 0 Å². The van der Waals surface area contributed by atoms with E-state index in [1.54, 1.807) is 0 Å². The van der Waals surface area contributed by atoms with Crippen molar-refractivity contribution in [3.05, 3.63) is 58.1 Å². The molecule has 0 saturated carbocycles. The number of carbonyl (C=O) groups is 1. The summed E-state index contributed by atoms with van der Waals surface area (Å²) in [5, 5.41) is 6.20. The monoisotopic (exact) mass is 316 g/mol. The van der Waals surface area contributed by atoms with Gasteiger partial charge in [-0.3, -0.25) is 4.79 Å². The molecule has 2 N–H and O–H groups in total. The minimum absolute atomic E-state index is 0.0173. The van der Waals surface area contributed by atoms with E-state index in [4.69, 9.17) is 0 Å². The molecular formula is C15H13BrN2O. The number of rotatable bonds is 2. The van der Waals surface area contributed by atoms with Gasteiger partial charge in [-0.1, -0.05) is 40.2 Å². The minimum atomic E-state index is -0.329. The number of anilines is 2. The second-order valence-corrected chi connectivity index (χ2v) is 5.53. The summed E-state index contributed by atoms with van der Waals surface area (Å²) in [4.78, 5) is 12.1. The predicted molar refractivity (Wildman–Crippen MR) is 80.3 cm³/mol. The average molecular weight is 317 g/mol. The third-order valence-electron chi connectivity index (χ3n) is 3.29. The molecule has 0 aliphatic carbocycles. The molecule has 0 radical (unpaired) electrons. The molecule has 0 saturated heterocycles. The summed E-state index contributed by atoms with van der Waals surface area (Å²) in [6.07, 6.45) is 0. The van der Waals surface area contributed by atoms with Gasteiger partial charge in [0.15, 0.2) is 0 Å². The Morgan fingerprint density at radius 3 is 2.79 bits per heavy atom. The van der Waals surface area contributed by atoms with Crippen molar-refractivity contribution in [2.75, 3.05) is 10.6 Å². The predicted octanol–water partition coefficient (Wildman–Crippen LogP) is 3.86. The quantitative estimate of drug-likeness (QED) is 0.883. The fourth-order valence-corrected chi connectivity index (χ4v) is 2.63. The van der Waals surface area contributed by atoms with Gasteiger partial charge in [-0.2, -0.15) is 0 Å². The lowest BCUT2D eigenvalue weighted by Crippen LogP contribution is -2.20. The van der Waals surface area contributed by atoms with Crippen molar-refractivity contribution in [3.8, 4) is 0 Å². The maximum Gasteiger partial charge on any atom is 0.251 e. The second-order valence-electron chi connectivity index (χ2n) is 4.61. The van der Waals surface area contributed by atoms with Crippen LogP contribution in [-0.4, -0.2) is 5.91 Å². The molecule has 3 nitrogen and oxygen atoms in total. The molecule has 0 fully saturated rings. The van der Waals surface area contributed by atoms with Gasteiger partial charge in [0.2, 0.25) is 0 Å². The van der Waals surface area contributed by atoms with Crippen LogP contribution in [0.2, 0.25) is 0 Å². The van der Waals surface area contributed by atoms with Crippen molar-refractivity contribution < 1.29 is 4.79 Å². The molecule has 2 aromatic rings. The van der Waals surface area contributed by atoms with Gasteiger partial charge in [-0.25, -0.2) is 0 Å². The van der Waals surface area contributed by atoms with Crippen LogP contribution in [0.4, 0.5) is 11.4 Å². The first-order chi connectivity index (χ1) is 9.15. The topological polar surface area (TPSA) is 41.1 Å². The van der Waals surface area contributed by atoms with Gasteiger partial charge < -0.3 is 10.6 Å². The molecule has 1 heterocycles. The van der Waals surface area contributed by atoms with Crippen molar-refractivity contribution in [2.45, 2.75) is 13.0 Å². The molecule has 1 amide bonds. The van der Waals surface area contributed by atoms with E-state index in [-0.39, 0.29) is 11.9 Å². The Hall–Kier alpha value is -1.81. The van der Waals surface area contributed by atoms with Crippen LogP contribution in [0.25, 0.3) is 0 Å². The molecule has 96 valence electrons. The normalized spacial score (nSPS) is 16.9. The van der Waals surface area contributed by atoms with E-state index in [1.807, 2.05) is 49.4 Å². The maximum absolute atomic E-state index is 12.1. The van der Waals surface area contributed by atoms with Crippen molar-refractivity contribution >= 4 is 33.2 Å². The van der Waals surface area contributed by atoms with Gasteiger partial charge in [0.1, 0.15) is 6.04 Å². The van der Waals surface area contributed by atoms with Gasteiger partial charge in [0.25, 0.3) is 5.91 Å². The summed E-state index contributed by atoms with van der Waals surface area (Å²) in [6, 6.07) is 13.5. The second kappa shape index (κ2) is 4.70. The Balaban J connectivity index is 1.95. The van der Waals surface area contributed by atoms with Gasteiger partial charge in [-0.05, 0) is 30.7 Å². The molecular weight excluding hydrogens is 304 g/mol. The van der Waals surface area contributed by atoms with E-state index >= 15 is 0 Å². The van der Waals surface area contributed by atoms with Crippen LogP contribution in [0.15, 0.2) is 46.9 Å². The van der Waals surface area contributed by atoms with E-state index in [0.29, 0.717) is 0 Å². The summed E-state index contributed by atoms with van der Waals surface area (Å²) in [6.45, 7) is 2.03. The molecule has 0 bridgehead atoms. The molecule has 0 spiro atoms. The summed E-state index contributed by atoms with van der Waals surface area (Å²) < 4.78 is 0.961. The summed E-state index contributed by atoms with van der Waals surface area (Å²) in [5.41, 5.74) is 3.96. The number of para-hydroxylation sites is 1. The number of carbonyl (C=O) groups excluding carboxylic acids is 1. The van der Waals surface area contributed by atoms with Crippen molar-refractivity contribution in [2.24, 2.45) is 0 Å². The zero-order valence-electron chi connectivity index (χ0n) is 10.4. The van der Waals surface area contributed by atoms with E-state index in [0.717, 1.165) is 27.0 Å². The highest BCUT2D eigenvalue weighted by Gasteiger charge is 2.30. The van der Waals surface area contributed by atoms with Crippen LogP contribution in [0.5, 0.6) is 0 Å². The summed E-state index contributed by atoms with van der Waals surface area (Å²) in [5.74, 6) is -0.0173. The van der Waals surface area contributed by atoms with Crippen molar-refractivity contribution in [1.29, 1.82) is 0 Å². The Morgan fingerprint density at radius 1 is 1.21 bits per heavy atom. The molecule has 19 heavy (non-hydrogen) atoms. The third kappa shape index (κ3) is 2.24. The Bertz CT molecular complexity index is 654. The molecule has 1 unspecified atom stereocenters. The molecule has 1 aliphatic rings. The highest BCUT2D eigenvalue weighted by Crippen LogP contribution is 2.35. The smallest absolute Gasteiger partial charge is 0.251 e. The number of nitrogens with one attached hydrogen (secondary N) is 2. The molecule has 0 aromatic heterocycles. The number of aryl methyl sites for hydroxylation is 1. The lowest BCUT2D eigenvalue weighted by Gasteiger charge is -2.15. The average Bonchev–Trinajstić information content (AvgIpc) is 2.68. The standard InChI is InChI=1S/C15H13BrN2O/c1-9-4-2-3-5-12(9)17-14-11-7-6-10(16)8-13(11)18-15(14)19/h2-8,14,17H,1H3,(H,18,19). The van der Waals surface area contributed by atoms with Crippen LogP contribution < -0.4 is 10.6 Å². The zero-order valence-corrected chi connectivity index (χ0v) is 12.0. The van der Waals surface area contributed by atoms with E-state index in [2.05, 4.69) is 26.6 Å². The highest BCUT2D eigenvalue weighted by molar-refractivity contribution is 9.10. The van der Waals surface area contributed by atoms with Gasteiger partial charge in [0.05, 0.1) is 0 Å². The highest BCUT2D eigenvalue weighted by atomic mass is 79.9. The van der Waals surface area contributed by atoms with Gasteiger partial charge >= 0.3 is 0 Å². The first-order valence-corrected chi connectivity index (χ1v) is 6.87. The molecule has 1 aliphatic heterocycles.